The number of para-hydroxylation sites is 1. The number of pyridine rings is 1. The van der Waals surface area contributed by atoms with Crippen LogP contribution in [0.2, 0.25) is 0 Å². The Morgan fingerprint density at radius 1 is 1.05 bits per heavy atom. The van der Waals surface area contributed by atoms with Crippen molar-refractivity contribution in [2.24, 2.45) is 5.84 Å². The van der Waals surface area contributed by atoms with Crippen LogP contribution >= 0.6 is 0 Å². The number of sulfonamides is 1. The molecule has 204 valence electrons. The Morgan fingerprint density at radius 2 is 1.82 bits per heavy atom. The number of hydrazine groups is 1. The van der Waals surface area contributed by atoms with Gasteiger partial charge in [0.2, 0.25) is 0 Å². The summed E-state index contributed by atoms with van der Waals surface area (Å²) in [5, 5.41) is 13.0. The van der Waals surface area contributed by atoms with Crippen LogP contribution in [0, 0.1) is 0 Å². The van der Waals surface area contributed by atoms with Crippen molar-refractivity contribution in [3.8, 4) is 17.2 Å². The van der Waals surface area contributed by atoms with Gasteiger partial charge in [0.15, 0.2) is 11.5 Å². The van der Waals surface area contributed by atoms with Crippen LogP contribution in [0.15, 0.2) is 84.0 Å². The van der Waals surface area contributed by atoms with Gasteiger partial charge in [-0.05, 0) is 74.2 Å². The number of carbonyl (C=O) groups is 1. The Bertz CT molecular complexity index is 1590. The average molecular weight is 551 g/mol. The number of fused-ring (bicyclic) bond motifs is 1. The Morgan fingerprint density at radius 3 is 2.54 bits per heavy atom. The van der Waals surface area contributed by atoms with Crippen molar-refractivity contribution >= 4 is 32.4 Å². The second-order valence-corrected chi connectivity index (χ2v) is 10.6. The second-order valence-electron chi connectivity index (χ2n) is 8.96. The summed E-state index contributed by atoms with van der Waals surface area (Å²) < 4.78 is 39.8. The summed E-state index contributed by atoms with van der Waals surface area (Å²) in [7, 11) is -4.43. The van der Waals surface area contributed by atoms with Crippen LogP contribution in [0.3, 0.4) is 0 Å². The fourth-order valence-corrected chi connectivity index (χ4v) is 5.15. The summed E-state index contributed by atoms with van der Waals surface area (Å²) in [6.07, 6.45) is 3.21. The number of ether oxygens (including phenoxy) is 2. The van der Waals surface area contributed by atoms with E-state index in [1.54, 1.807) is 54.9 Å². The number of phenols is 1. The third-order valence-electron chi connectivity index (χ3n) is 5.78. The van der Waals surface area contributed by atoms with E-state index < -0.39 is 32.6 Å². The number of amides is 1. The molecular formula is C28H30N4O6S. The minimum Gasteiger partial charge on any atom is -0.507 e. The number of anilines is 1. The Hall–Kier alpha value is -4.35. The van der Waals surface area contributed by atoms with E-state index in [2.05, 4.69) is 9.71 Å². The molecule has 0 radical (unpaired) electrons. The lowest BCUT2D eigenvalue weighted by Crippen LogP contribution is -2.46. The molecule has 3 aromatic carbocycles. The summed E-state index contributed by atoms with van der Waals surface area (Å²) in [5.41, 5.74) is 0.811. The Balaban J connectivity index is 1.79. The Kier molecular flexibility index (Phi) is 8.22. The smallest absolute Gasteiger partial charge is 0.267 e. The third kappa shape index (κ3) is 6.21. The number of aromatic hydroxyl groups is 1. The van der Waals surface area contributed by atoms with Crippen molar-refractivity contribution in [1.82, 2.24) is 9.71 Å². The molecule has 4 aromatic rings. The van der Waals surface area contributed by atoms with Crippen LogP contribution in [-0.2, 0) is 14.8 Å². The molecule has 1 heterocycles. The average Bonchev–Trinajstić information content (AvgIpc) is 2.89. The highest BCUT2D eigenvalue weighted by Crippen LogP contribution is 2.35. The van der Waals surface area contributed by atoms with E-state index in [4.69, 9.17) is 15.3 Å². The zero-order valence-corrected chi connectivity index (χ0v) is 22.6. The van der Waals surface area contributed by atoms with E-state index in [-0.39, 0.29) is 6.10 Å². The molecule has 0 spiro atoms. The van der Waals surface area contributed by atoms with Gasteiger partial charge >= 0.3 is 0 Å². The maximum Gasteiger partial charge on any atom is 0.267 e. The van der Waals surface area contributed by atoms with Crippen molar-refractivity contribution in [2.45, 2.75) is 37.8 Å². The summed E-state index contributed by atoms with van der Waals surface area (Å²) in [6.45, 7) is 5.90. The number of phenolic OH excluding ortho intramolecular Hbond substituents is 1. The molecule has 1 amide bonds. The molecule has 4 N–H and O–H groups in total. The summed E-state index contributed by atoms with van der Waals surface area (Å²) in [6, 6.07) is 16.0. The van der Waals surface area contributed by atoms with Crippen molar-refractivity contribution < 1.29 is 27.8 Å². The first kappa shape index (κ1) is 27.7. The highest BCUT2D eigenvalue weighted by molar-refractivity contribution is 7.90. The van der Waals surface area contributed by atoms with Crippen LogP contribution in [-0.4, -0.2) is 37.1 Å². The first-order valence-corrected chi connectivity index (χ1v) is 13.7. The van der Waals surface area contributed by atoms with Gasteiger partial charge in [0, 0.05) is 17.8 Å². The van der Waals surface area contributed by atoms with Crippen molar-refractivity contribution in [3.05, 3.63) is 84.7 Å². The SMILES string of the molecule is CCOc1cc(C(C(=O)NS(=O)(=O)c2ccccc2O)N(N)c2ccc3cnccc3c2)ccc1OC(C)C. The van der Waals surface area contributed by atoms with E-state index in [9.17, 15) is 18.3 Å². The lowest BCUT2D eigenvalue weighted by molar-refractivity contribution is -0.120. The molecule has 39 heavy (non-hydrogen) atoms. The quantitative estimate of drug-likeness (QED) is 0.197. The van der Waals surface area contributed by atoms with Gasteiger partial charge in [-0.1, -0.05) is 24.3 Å². The molecule has 10 nitrogen and oxygen atoms in total. The Labute approximate surface area is 227 Å². The van der Waals surface area contributed by atoms with Crippen LogP contribution in [0.1, 0.15) is 32.4 Å². The number of rotatable bonds is 10. The summed E-state index contributed by atoms with van der Waals surface area (Å²) >= 11 is 0. The highest BCUT2D eigenvalue weighted by Gasteiger charge is 2.32. The molecule has 0 saturated heterocycles. The largest absolute Gasteiger partial charge is 0.507 e. The number of hydrogen-bond acceptors (Lipinski definition) is 9. The topological polar surface area (TPSA) is 144 Å². The predicted molar refractivity (Wildman–Crippen MR) is 148 cm³/mol. The summed E-state index contributed by atoms with van der Waals surface area (Å²) in [5.74, 6) is 5.96. The maximum absolute atomic E-state index is 13.7. The number of carbonyl (C=O) groups excluding carboxylic acids is 1. The van der Waals surface area contributed by atoms with Crippen LogP contribution < -0.4 is 25.0 Å². The second kappa shape index (κ2) is 11.6. The summed E-state index contributed by atoms with van der Waals surface area (Å²) in [4.78, 5) is 17.4. The van der Waals surface area contributed by atoms with Crippen molar-refractivity contribution in [2.75, 3.05) is 11.6 Å². The van der Waals surface area contributed by atoms with E-state index >= 15 is 0 Å². The van der Waals surface area contributed by atoms with Gasteiger partial charge in [-0.15, -0.1) is 0 Å². The third-order valence-corrected chi connectivity index (χ3v) is 7.18. The van der Waals surface area contributed by atoms with Gasteiger partial charge in [-0.25, -0.2) is 19.0 Å². The van der Waals surface area contributed by atoms with Crippen LogP contribution in [0.4, 0.5) is 5.69 Å². The van der Waals surface area contributed by atoms with Gasteiger partial charge < -0.3 is 14.6 Å². The lowest BCUT2D eigenvalue weighted by atomic mass is 10.0. The predicted octanol–water partition coefficient (Wildman–Crippen LogP) is 4.05. The monoisotopic (exact) mass is 550 g/mol. The molecule has 0 saturated carbocycles. The zero-order valence-electron chi connectivity index (χ0n) is 21.7. The van der Waals surface area contributed by atoms with Gasteiger partial charge in [0.25, 0.3) is 15.9 Å². The number of nitrogens with zero attached hydrogens (tertiary/aromatic N) is 2. The number of benzene rings is 3. The van der Waals surface area contributed by atoms with Gasteiger partial charge in [0.1, 0.15) is 16.7 Å². The number of aromatic nitrogens is 1. The minimum absolute atomic E-state index is 0.129. The zero-order chi connectivity index (χ0) is 28.2. The van der Waals surface area contributed by atoms with Gasteiger partial charge in [-0.3, -0.25) is 14.8 Å². The molecule has 0 fully saturated rings. The number of nitrogens with two attached hydrogens (primary N) is 1. The standard InChI is InChI=1S/C28H30N4O6S/c1-4-37-25-16-20(10-12-24(25)38-18(2)3)27(28(34)31-39(35,36)26-8-6-5-7-23(26)33)32(29)22-11-9-21-17-30-14-13-19(21)15-22/h5-18,27,33H,4,29H2,1-3H3,(H,31,34). The molecule has 1 aromatic heterocycles. The van der Waals surface area contributed by atoms with Gasteiger partial charge in [0.05, 0.1) is 18.4 Å². The van der Waals surface area contributed by atoms with E-state index in [0.717, 1.165) is 10.8 Å². The number of hydrogen-bond donors (Lipinski definition) is 3. The fraction of sp³-hybridized carbons (Fsp3) is 0.214. The van der Waals surface area contributed by atoms with Gasteiger partial charge in [-0.2, -0.15) is 0 Å². The minimum atomic E-state index is -4.43. The number of nitrogens with one attached hydrogen (secondary N) is 1. The van der Waals surface area contributed by atoms with Crippen molar-refractivity contribution in [1.29, 1.82) is 0 Å². The molecule has 0 aliphatic heterocycles. The van der Waals surface area contributed by atoms with Crippen molar-refractivity contribution in [3.63, 3.8) is 0 Å². The van der Waals surface area contributed by atoms with E-state index in [0.29, 0.717) is 29.4 Å². The molecule has 11 heteroatoms. The first-order valence-electron chi connectivity index (χ1n) is 12.3. The molecule has 0 aliphatic rings. The van der Waals surface area contributed by atoms with E-state index in [1.807, 2.05) is 20.8 Å². The molecule has 0 aliphatic carbocycles. The molecular weight excluding hydrogens is 520 g/mol. The first-order chi connectivity index (χ1) is 18.6. The molecule has 1 atom stereocenters. The fourth-order valence-electron chi connectivity index (χ4n) is 4.06. The maximum atomic E-state index is 13.7. The molecule has 4 rings (SSSR count). The van der Waals surface area contributed by atoms with Crippen LogP contribution in [0.5, 0.6) is 17.2 Å². The normalized spacial score (nSPS) is 12.2. The van der Waals surface area contributed by atoms with E-state index in [1.165, 1.54) is 29.3 Å². The lowest BCUT2D eigenvalue weighted by Gasteiger charge is -2.29. The molecule has 0 bridgehead atoms. The molecule has 1 unspecified atom stereocenters. The highest BCUT2D eigenvalue weighted by atomic mass is 32.2. The van der Waals surface area contributed by atoms with Crippen LogP contribution in [0.25, 0.3) is 10.8 Å².